The molecule has 1 aromatic rings. The lowest BCUT2D eigenvalue weighted by Crippen LogP contribution is -2.19. The van der Waals surface area contributed by atoms with E-state index in [1.165, 1.54) is 6.07 Å². The van der Waals surface area contributed by atoms with Gasteiger partial charge in [-0.1, -0.05) is 11.6 Å². The van der Waals surface area contributed by atoms with Crippen molar-refractivity contribution < 1.29 is 13.2 Å². The average molecular weight is 300 g/mol. The third-order valence-corrected chi connectivity index (χ3v) is 2.94. The second-order valence-corrected chi connectivity index (χ2v) is 5.10. The predicted molar refractivity (Wildman–Crippen MR) is 68.1 cm³/mol. The summed E-state index contributed by atoms with van der Waals surface area (Å²) in [6, 6.07) is 1.30. The molecule has 0 saturated carbocycles. The Kier molecular flexibility index (Phi) is 5.52. The Labute approximate surface area is 113 Å². The maximum Gasteiger partial charge on any atom is 0.451 e. The fourth-order valence-corrected chi connectivity index (χ4v) is 2.01. The molecule has 1 unspecified atom stereocenters. The van der Waals surface area contributed by atoms with E-state index in [0.717, 1.165) is 12.2 Å². The topological polar surface area (TPSA) is 37.8 Å². The molecule has 0 aromatic carbocycles. The number of rotatable bonds is 5. The molecule has 0 fully saturated rings. The van der Waals surface area contributed by atoms with Crippen molar-refractivity contribution in [2.45, 2.75) is 25.6 Å². The van der Waals surface area contributed by atoms with Crippen LogP contribution in [0, 0.1) is 0 Å². The van der Waals surface area contributed by atoms with E-state index < -0.39 is 12.0 Å². The molecule has 0 aliphatic rings. The van der Waals surface area contributed by atoms with Crippen molar-refractivity contribution >= 4 is 29.2 Å². The SMILES string of the molecule is CSCCC(C)Nc1cc(Cl)nc(C(F)(F)F)n1. The zero-order chi connectivity index (χ0) is 13.8. The first-order chi connectivity index (χ1) is 8.32. The van der Waals surface area contributed by atoms with Crippen LogP contribution in [0.1, 0.15) is 19.2 Å². The number of hydrogen-bond acceptors (Lipinski definition) is 4. The quantitative estimate of drug-likeness (QED) is 0.841. The van der Waals surface area contributed by atoms with Crippen LogP contribution in [0.2, 0.25) is 5.15 Å². The Morgan fingerprint density at radius 2 is 2.11 bits per heavy atom. The van der Waals surface area contributed by atoms with E-state index in [4.69, 9.17) is 11.6 Å². The van der Waals surface area contributed by atoms with Crippen LogP contribution < -0.4 is 5.32 Å². The number of nitrogens with zero attached hydrogens (tertiary/aromatic N) is 2. The monoisotopic (exact) mass is 299 g/mol. The van der Waals surface area contributed by atoms with E-state index in [1.807, 2.05) is 13.2 Å². The second kappa shape index (κ2) is 6.47. The van der Waals surface area contributed by atoms with Gasteiger partial charge in [-0.2, -0.15) is 24.9 Å². The van der Waals surface area contributed by atoms with Crippen LogP contribution in [0.25, 0.3) is 0 Å². The fourth-order valence-electron chi connectivity index (χ4n) is 1.24. The minimum absolute atomic E-state index is 0.0181. The molecule has 102 valence electrons. The molecule has 3 nitrogen and oxygen atoms in total. The van der Waals surface area contributed by atoms with Crippen molar-refractivity contribution in [3.63, 3.8) is 0 Å². The van der Waals surface area contributed by atoms with Crippen molar-refractivity contribution in [2.75, 3.05) is 17.3 Å². The number of thioether (sulfide) groups is 1. The van der Waals surface area contributed by atoms with Gasteiger partial charge in [-0.25, -0.2) is 9.97 Å². The summed E-state index contributed by atoms with van der Waals surface area (Å²) >= 11 is 7.22. The summed E-state index contributed by atoms with van der Waals surface area (Å²) in [6.45, 7) is 1.87. The number of hydrogen-bond donors (Lipinski definition) is 1. The first-order valence-corrected chi connectivity index (χ1v) is 6.97. The first-order valence-electron chi connectivity index (χ1n) is 5.20. The van der Waals surface area contributed by atoms with Gasteiger partial charge in [0.1, 0.15) is 11.0 Å². The van der Waals surface area contributed by atoms with Crippen LogP contribution in [0.5, 0.6) is 0 Å². The maximum absolute atomic E-state index is 12.5. The van der Waals surface area contributed by atoms with Gasteiger partial charge in [0.25, 0.3) is 0 Å². The van der Waals surface area contributed by atoms with E-state index in [9.17, 15) is 13.2 Å². The second-order valence-electron chi connectivity index (χ2n) is 3.72. The molecular formula is C10H13ClF3N3S. The molecule has 0 saturated heterocycles. The molecule has 0 spiro atoms. The maximum atomic E-state index is 12.5. The van der Waals surface area contributed by atoms with Gasteiger partial charge >= 0.3 is 6.18 Å². The molecule has 0 radical (unpaired) electrons. The van der Waals surface area contributed by atoms with Crippen LogP contribution in [-0.2, 0) is 6.18 Å². The lowest BCUT2D eigenvalue weighted by molar-refractivity contribution is -0.144. The van der Waals surface area contributed by atoms with Gasteiger partial charge in [-0.05, 0) is 25.4 Å². The van der Waals surface area contributed by atoms with Gasteiger partial charge in [-0.3, -0.25) is 0 Å². The summed E-state index contributed by atoms with van der Waals surface area (Å²) in [5, 5.41) is 2.66. The Bertz CT molecular complexity index is 400. The van der Waals surface area contributed by atoms with Crippen LogP contribution in [0.15, 0.2) is 6.07 Å². The van der Waals surface area contributed by atoms with Crippen molar-refractivity contribution in [3.05, 3.63) is 17.0 Å². The van der Waals surface area contributed by atoms with Crippen molar-refractivity contribution in [2.24, 2.45) is 0 Å². The minimum Gasteiger partial charge on any atom is -0.367 e. The Morgan fingerprint density at radius 1 is 1.44 bits per heavy atom. The van der Waals surface area contributed by atoms with Gasteiger partial charge in [0.2, 0.25) is 5.82 Å². The van der Waals surface area contributed by atoms with E-state index >= 15 is 0 Å². The highest BCUT2D eigenvalue weighted by Crippen LogP contribution is 2.28. The Hall–Kier alpha value is -0.690. The third kappa shape index (κ3) is 4.89. The van der Waals surface area contributed by atoms with E-state index in [0.29, 0.717) is 0 Å². The van der Waals surface area contributed by atoms with Gasteiger partial charge in [0.05, 0.1) is 0 Å². The molecule has 1 N–H and O–H groups in total. The van der Waals surface area contributed by atoms with Crippen LogP contribution in [0.4, 0.5) is 19.0 Å². The summed E-state index contributed by atoms with van der Waals surface area (Å²) in [4.78, 5) is 6.57. The summed E-state index contributed by atoms with van der Waals surface area (Å²) in [5.74, 6) is -0.218. The molecule has 0 amide bonds. The molecule has 8 heteroatoms. The van der Waals surface area contributed by atoms with Crippen LogP contribution in [-0.4, -0.2) is 28.0 Å². The Morgan fingerprint density at radius 3 is 2.67 bits per heavy atom. The lowest BCUT2D eigenvalue weighted by atomic mass is 10.2. The average Bonchev–Trinajstić information content (AvgIpc) is 2.24. The standard InChI is InChI=1S/C10H13ClF3N3S/c1-6(3-4-18-2)15-8-5-7(11)16-9(17-8)10(12,13)14/h5-6H,3-4H2,1-2H3,(H,15,16,17). The number of nitrogens with one attached hydrogen (secondary N) is 1. The lowest BCUT2D eigenvalue weighted by Gasteiger charge is -2.15. The third-order valence-electron chi connectivity index (χ3n) is 2.10. The molecule has 0 aliphatic heterocycles. The highest BCUT2D eigenvalue weighted by Gasteiger charge is 2.35. The van der Waals surface area contributed by atoms with Gasteiger partial charge in [0, 0.05) is 12.1 Å². The van der Waals surface area contributed by atoms with Crippen LogP contribution >= 0.6 is 23.4 Å². The van der Waals surface area contributed by atoms with Gasteiger partial charge < -0.3 is 5.32 Å². The molecule has 1 aromatic heterocycles. The minimum atomic E-state index is -4.59. The number of alkyl halides is 3. The zero-order valence-electron chi connectivity index (χ0n) is 9.88. The predicted octanol–water partition coefficient (Wildman–Crippen LogP) is 3.70. The zero-order valence-corrected chi connectivity index (χ0v) is 11.5. The van der Waals surface area contributed by atoms with Crippen molar-refractivity contribution in [3.8, 4) is 0 Å². The summed E-state index contributed by atoms with van der Waals surface area (Å²) < 4.78 is 37.4. The number of aromatic nitrogens is 2. The molecule has 1 heterocycles. The molecule has 0 bridgehead atoms. The first kappa shape index (κ1) is 15.4. The summed E-state index contributed by atoms with van der Waals surface area (Å²) in [6.07, 6.45) is -1.80. The molecule has 0 aliphatic carbocycles. The summed E-state index contributed by atoms with van der Waals surface area (Å²) in [7, 11) is 0. The molecule has 18 heavy (non-hydrogen) atoms. The van der Waals surface area contributed by atoms with Crippen LogP contribution in [0.3, 0.4) is 0 Å². The van der Waals surface area contributed by atoms with Crippen molar-refractivity contribution in [1.29, 1.82) is 0 Å². The number of halogens is 4. The van der Waals surface area contributed by atoms with Gasteiger partial charge in [-0.15, -0.1) is 0 Å². The summed E-state index contributed by atoms with van der Waals surface area (Å²) in [5.41, 5.74) is 0. The smallest absolute Gasteiger partial charge is 0.367 e. The largest absolute Gasteiger partial charge is 0.451 e. The number of anilines is 1. The van der Waals surface area contributed by atoms with E-state index in [-0.39, 0.29) is 17.0 Å². The molecule has 1 rings (SSSR count). The van der Waals surface area contributed by atoms with Gasteiger partial charge in [0.15, 0.2) is 0 Å². The Balaban J connectivity index is 2.80. The van der Waals surface area contributed by atoms with E-state index in [2.05, 4.69) is 15.3 Å². The fraction of sp³-hybridized carbons (Fsp3) is 0.600. The normalized spacial score (nSPS) is 13.4. The highest BCUT2D eigenvalue weighted by molar-refractivity contribution is 7.98. The van der Waals surface area contributed by atoms with Crippen molar-refractivity contribution in [1.82, 2.24) is 9.97 Å². The highest BCUT2D eigenvalue weighted by atomic mass is 35.5. The molecule has 1 atom stereocenters. The molecular weight excluding hydrogens is 287 g/mol. The van der Waals surface area contributed by atoms with E-state index in [1.54, 1.807) is 11.8 Å².